The molecule has 0 atom stereocenters. The highest BCUT2D eigenvalue weighted by Gasteiger charge is 2.13. The number of nitrogens with zero attached hydrogens (tertiary/aromatic N) is 1. The number of hydrogen-bond acceptors (Lipinski definition) is 4. The lowest BCUT2D eigenvalue weighted by Gasteiger charge is -2.11. The van der Waals surface area contributed by atoms with Gasteiger partial charge in [0.25, 0.3) is 5.91 Å². The molecule has 0 aliphatic heterocycles. The Morgan fingerprint density at radius 2 is 1.68 bits per heavy atom. The molecule has 1 amide bonds. The summed E-state index contributed by atoms with van der Waals surface area (Å²) in [5.74, 6) is 0.719. The summed E-state index contributed by atoms with van der Waals surface area (Å²) in [5, 5.41) is 4.09. The third kappa shape index (κ3) is 6.80. The zero-order chi connectivity index (χ0) is 22.1. The zero-order valence-electron chi connectivity index (χ0n) is 16.6. The van der Waals surface area contributed by atoms with Gasteiger partial charge < -0.3 is 9.47 Å². The minimum Gasteiger partial charge on any atom is -0.489 e. The van der Waals surface area contributed by atoms with Gasteiger partial charge in [0, 0.05) is 14.5 Å². The average Bonchev–Trinajstić information content (AvgIpc) is 2.78. The van der Waals surface area contributed by atoms with Gasteiger partial charge >= 0.3 is 0 Å². The van der Waals surface area contributed by atoms with E-state index in [1.165, 1.54) is 6.21 Å². The van der Waals surface area contributed by atoms with Gasteiger partial charge in [-0.2, -0.15) is 5.10 Å². The van der Waals surface area contributed by atoms with Gasteiger partial charge in [0.15, 0.2) is 0 Å². The molecule has 0 spiro atoms. The van der Waals surface area contributed by atoms with Crippen LogP contribution in [0.25, 0.3) is 0 Å². The second-order valence-corrected chi connectivity index (χ2v) is 8.23. The third-order valence-corrected chi connectivity index (χ3v) is 5.11. The highest BCUT2D eigenvalue weighted by Crippen LogP contribution is 2.25. The van der Waals surface area contributed by atoms with E-state index in [1.54, 1.807) is 18.2 Å². The SMILES string of the molecule is C=CCOc1ccc(Br)cc1C=NNC(=O)c1cc(Br)ccc1OCc1ccccc1. The minimum absolute atomic E-state index is 0.355. The van der Waals surface area contributed by atoms with E-state index in [9.17, 15) is 4.79 Å². The minimum atomic E-state index is -0.385. The smallest absolute Gasteiger partial charge is 0.275 e. The quantitative estimate of drug-likeness (QED) is 0.201. The molecule has 5 nitrogen and oxygen atoms in total. The van der Waals surface area contributed by atoms with Gasteiger partial charge in [-0.05, 0) is 42.0 Å². The standard InChI is InChI=1S/C24H20Br2N2O3/c1-2-12-30-22-10-8-19(25)13-18(22)15-27-28-24(29)21-14-20(26)9-11-23(21)31-16-17-6-4-3-5-7-17/h2-11,13-15H,1,12,16H2,(H,28,29). The molecule has 1 N–H and O–H groups in total. The summed E-state index contributed by atoms with van der Waals surface area (Å²) in [4.78, 5) is 12.8. The van der Waals surface area contributed by atoms with Gasteiger partial charge in [0.1, 0.15) is 24.7 Å². The van der Waals surface area contributed by atoms with Crippen LogP contribution in [0.15, 0.2) is 93.4 Å². The molecule has 3 rings (SSSR count). The van der Waals surface area contributed by atoms with Crippen molar-refractivity contribution in [3.63, 3.8) is 0 Å². The second kappa shape index (κ2) is 11.5. The molecule has 0 unspecified atom stereocenters. The highest BCUT2D eigenvalue weighted by atomic mass is 79.9. The summed E-state index contributed by atoms with van der Waals surface area (Å²) in [7, 11) is 0. The van der Waals surface area contributed by atoms with Crippen LogP contribution in [0.5, 0.6) is 11.5 Å². The van der Waals surface area contributed by atoms with Crippen LogP contribution in [-0.4, -0.2) is 18.7 Å². The lowest BCUT2D eigenvalue weighted by molar-refractivity contribution is 0.0950. The number of benzene rings is 3. The largest absolute Gasteiger partial charge is 0.489 e. The van der Waals surface area contributed by atoms with Crippen LogP contribution in [0, 0.1) is 0 Å². The first-order valence-electron chi connectivity index (χ1n) is 9.39. The molecule has 0 fully saturated rings. The van der Waals surface area contributed by atoms with Gasteiger partial charge in [-0.15, -0.1) is 0 Å². The summed E-state index contributed by atoms with van der Waals surface area (Å²) in [6, 6.07) is 20.6. The molecule has 3 aromatic carbocycles. The Bertz CT molecular complexity index is 1090. The molecule has 0 aromatic heterocycles. The third-order valence-electron chi connectivity index (χ3n) is 4.12. The number of rotatable bonds is 9. The fraction of sp³-hybridized carbons (Fsp3) is 0.0833. The van der Waals surface area contributed by atoms with E-state index >= 15 is 0 Å². The van der Waals surface area contributed by atoms with Crippen LogP contribution in [0.2, 0.25) is 0 Å². The van der Waals surface area contributed by atoms with Crippen LogP contribution < -0.4 is 14.9 Å². The molecule has 3 aromatic rings. The number of carbonyl (C=O) groups excluding carboxylic acids is 1. The van der Waals surface area contributed by atoms with Crippen molar-refractivity contribution in [1.82, 2.24) is 5.43 Å². The van der Waals surface area contributed by atoms with Crippen LogP contribution >= 0.6 is 31.9 Å². The van der Waals surface area contributed by atoms with E-state index in [0.29, 0.717) is 35.8 Å². The van der Waals surface area contributed by atoms with Crippen LogP contribution in [-0.2, 0) is 6.61 Å². The van der Waals surface area contributed by atoms with Gasteiger partial charge in [-0.25, -0.2) is 5.43 Å². The van der Waals surface area contributed by atoms with Crippen molar-refractivity contribution in [2.24, 2.45) is 5.10 Å². The fourth-order valence-corrected chi connectivity index (χ4v) is 3.40. The van der Waals surface area contributed by atoms with Crippen LogP contribution in [0.4, 0.5) is 0 Å². The number of carbonyl (C=O) groups is 1. The van der Waals surface area contributed by atoms with Gasteiger partial charge in [0.05, 0.1) is 11.8 Å². The summed E-state index contributed by atoms with van der Waals surface area (Å²) in [6.45, 7) is 4.38. The topological polar surface area (TPSA) is 59.9 Å². The number of hydrazone groups is 1. The van der Waals surface area contributed by atoms with Crippen molar-refractivity contribution >= 4 is 44.0 Å². The maximum absolute atomic E-state index is 12.8. The van der Waals surface area contributed by atoms with E-state index in [2.05, 4.69) is 49.0 Å². The summed E-state index contributed by atoms with van der Waals surface area (Å²) in [5.41, 5.74) is 4.65. The molecule has 0 bridgehead atoms. The van der Waals surface area contributed by atoms with Crippen molar-refractivity contribution in [2.45, 2.75) is 6.61 Å². The van der Waals surface area contributed by atoms with Crippen molar-refractivity contribution in [3.8, 4) is 11.5 Å². The second-order valence-electron chi connectivity index (χ2n) is 6.40. The highest BCUT2D eigenvalue weighted by molar-refractivity contribution is 9.10. The first-order chi connectivity index (χ1) is 15.1. The Balaban J connectivity index is 1.72. The van der Waals surface area contributed by atoms with E-state index < -0.39 is 0 Å². The molecule has 0 heterocycles. The van der Waals surface area contributed by atoms with Gasteiger partial charge in [-0.3, -0.25) is 4.79 Å². The van der Waals surface area contributed by atoms with E-state index in [-0.39, 0.29) is 5.91 Å². The first-order valence-corrected chi connectivity index (χ1v) is 11.0. The van der Waals surface area contributed by atoms with Crippen molar-refractivity contribution in [1.29, 1.82) is 0 Å². The Morgan fingerprint density at radius 3 is 2.42 bits per heavy atom. The summed E-state index contributed by atoms with van der Waals surface area (Å²) < 4.78 is 13.1. The number of halogens is 2. The molecule has 0 saturated carbocycles. The van der Waals surface area contributed by atoms with E-state index in [0.717, 1.165) is 14.5 Å². The average molecular weight is 544 g/mol. The first kappa shape index (κ1) is 22.8. The molecular formula is C24H20Br2N2O3. The van der Waals surface area contributed by atoms with Crippen LogP contribution in [0.1, 0.15) is 21.5 Å². The normalized spacial score (nSPS) is 10.6. The molecule has 0 aliphatic rings. The molecule has 7 heteroatoms. The molecule has 0 saturated heterocycles. The maximum Gasteiger partial charge on any atom is 0.275 e. The fourth-order valence-electron chi connectivity index (χ4n) is 2.66. The maximum atomic E-state index is 12.8. The van der Waals surface area contributed by atoms with Crippen molar-refractivity contribution in [2.75, 3.05) is 6.61 Å². The Hall–Kier alpha value is -2.90. The molecule has 0 radical (unpaired) electrons. The lowest BCUT2D eigenvalue weighted by Crippen LogP contribution is -2.19. The van der Waals surface area contributed by atoms with Crippen molar-refractivity contribution < 1.29 is 14.3 Å². The number of nitrogens with one attached hydrogen (secondary N) is 1. The predicted molar refractivity (Wildman–Crippen MR) is 130 cm³/mol. The molecule has 0 aliphatic carbocycles. The molecule has 31 heavy (non-hydrogen) atoms. The van der Waals surface area contributed by atoms with E-state index in [1.807, 2.05) is 54.6 Å². The monoisotopic (exact) mass is 542 g/mol. The van der Waals surface area contributed by atoms with Gasteiger partial charge in [0.2, 0.25) is 0 Å². The number of hydrogen-bond donors (Lipinski definition) is 1. The van der Waals surface area contributed by atoms with E-state index in [4.69, 9.17) is 9.47 Å². The Morgan fingerprint density at radius 1 is 0.968 bits per heavy atom. The summed E-state index contributed by atoms with van der Waals surface area (Å²) in [6.07, 6.45) is 3.19. The van der Waals surface area contributed by atoms with Crippen LogP contribution in [0.3, 0.4) is 0 Å². The lowest BCUT2D eigenvalue weighted by atomic mass is 10.2. The molecule has 158 valence electrons. The number of amides is 1. The Kier molecular flexibility index (Phi) is 8.44. The molecular weight excluding hydrogens is 524 g/mol. The number of ether oxygens (including phenoxy) is 2. The zero-order valence-corrected chi connectivity index (χ0v) is 19.7. The van der Waals surface area contributed by atoms with Crippen molar-refractivity contribution in [3.05, 3.63) is 105 Å². The van der Waals surface area contributed by atoms with Gasteiger partial charge in [-0.1, -0.05) is 74.8 Å². The summed E-state index contributed by atoms with van der Waals surface area (Å²) >= 11 is 6.83. The predicted octanol–water partition coefficient (Wildman–Crippen LogP) is 6.12. The Labute approximate surface area is 198 Å².